The third-order valence-corrected chi connectivity index (χ3v) is 2.75. The first-order valence-corrected chi connectivity index (χ1v) is 5.52. The summed E-state index contributed by atoms with van der Waals surface area (Å²) in [7, 11) is 0. The van der Waals surface area contributed by atoms with Gasteiger partial charge in [0, 0.05) is 33.7 Å². The second-order valence-electron chi connectivity index (χ2n) is 3.34. The molecule has 0 atom stereocenters. The minimum Gasteiger partial charge on any atom is -0.398 e. The van der Waals surface area contributed by atoms with E-state index in [9.17, 15) is 0 Å². The molecule has 1 aromatic heterocycles. The van der Waals surface area contributed by atoms with Crippen LogP contribution in [0.5, 0.6) is 0 Å². The molecule has 0 saturated heterocycles. The Morgan fingerprint density at radius 3 is 2.56 bits per heavy atom. The Bertz CT molecular complexity index is 523. The lowest BCUT2D eigenvalue weighted by Gasteiger charge is -2.07. The maximum absolute atomic E-state index is 8.08. The molecule has 0 amide bonds. The number of nitrogens with one attached hydrogen (secondary N) is 1. The third-order valence-electron chi connectivity index (χ3n) is 2.25. The summed E-state index contributed by atoms with van der Waals surface area (Å²) >= 11 is 3.37. The molecule has 0 fully saturated rings. The Labute approximate surface area is 102 Å². The maximum atomic E-state index is 8.08. The van der Waals surface area contributed by atoms with E-state index >= 15 is 0 Å². The lowest BCUT2D eigenvalue weighted by atomic mass is 10.0. The van der Waals surface area contributed by atoms with Crippen molar-refractivity contribution >= 4 is 27.3 Å². The van der Waals surface area contributed by atoms with Gasteiger partial charge in [0.15, 0.2) is 0 Å². The number of nitrogen functional groups attached to an aromatic ring is 1. The van der Waals surface area contributed by atoms with E-state index in [4.69, 9.17) is 11.1 Å². The van der Waals surface area contributed by atoms with E-state index in [2.05, 4.69) is 20.9 Å². The van der Waals surface area contributed by atoms with Gasteiger partial charge in [-0.05, 0) is 30.3 Å². The molecule has 2 rings (SSSR count). The lowest BCUT2D eigenvalue weighted by Crippen LogP contribution is -2.05. The van der Waals surface area contributed by atoms with Crippen LogP contribution in [-0.2, 0) is 0 Å². The fourth-order valence-corrected chi connectivity index (χ4v) is 1.78. The molecular weight excluding hydrogens is 266 g/mol. The molecule has 80 valence electrons. The molecule has 4 heteroatoms. The topological polar surface area (TPSA) is 62.8 Å². The van der Waals surface area contributed by atoms with E-state index in [0.717, 1.165) is 15.6 Å². The Morgan fingerprint density at radius 2 is 1.88 bits per heavy atom. The number of hydrogen-bond acceptors (Lipinski definition) is 3. The van der Waals surface area contributed by atoms with E-state index in [-0.39, 0.29) is 0 Å². The average Bonchev–Trinajstić information content (AvgIpc) is 2.32. The predicted molar refractivity (Wildman–Crippen MR) is 68.7 cm³/mol. The first kappa shape index (κ1) is 10.8. The number of benzene rings is 1. The molecule has 0 spiro atoms. The Kier molecular flexibility index (Phi) is 3.01. The van der Waals surface area contributed by atoms with Gasteiger partial charge in [-0.25, -0.2) is 0 Å². The first-order valence-electron chi connectivity index (χ1n) is 4.73. The zero-order valence-corrected chi connectivity index (χ0v) is 10.0. The Hall–Kier alpha value is -1.68. The Morgan fingerprint density at radius 1 is 1.19 bits per heavy atom. The molecule has 1 aromatic carbocycles. The Balaban J connectivity index is 2.46. The summed E-state index contributed by atoms with van der Waals surface area (Å²) in [5.74, 6) is 0. The summed E-state index contributed by atoms with van der Waals surface area (Å²) in [4.78, 5) is 3.92. The van der Waals surface area contributed by atoms with Crippen molar-refractivity contribution in [2.75, 3.05) is 5.73 Å². The number of halogens is 1. The molecule has 16 heavy (non-hydrogen) atoms. The lowest BCUT2D eigenvalue weighted by molar-refractivity contribution is 1.31. The van der Waals surface area contributed by atoms with Crippen LogP contribution in [0, 0.1) is 5.41 Å². The smallest absolute Gasteiger partial charge is 0.0706 e. The number of anilines is 1. The number of hydrogen-bond donors (Lipinski definition) is 2. The van der Waals surface area contributed by atoms with E-state index in [1.54, 1.807) is 30.6 Å². The number of pyridine rings is 1. The molecule has 0 aliphatic rings. The van der Waals surface area contributed by atoms with Crippen LogP contribution in [0.15, 0.2) is 47.2 Å². The SMILES string of the molecule is N=C(c1ccncc1)c1cc(Br)ccc1N. The van der Waals surface area contributed by atoms with Crippen LogP contribution in [0.3, 0.4) is 0 Å². The fraction of sp³-hybridized carbons (Fsp3) is 0. The highest BCUT2D eigenvalue weighted by Gasteiger charge is 2.08. The van der Waals surface area contributed by atoms with E-state index < -0.39 is 0 Å². The average molecular weight is 276 g/mol. The van der Waals surface area contributed by atoms with Crippen LogP contribution < -0.4 is 5.73 Å². The van der Waals surface area contributed by atoms with Crippen LogP contribution in [0.1, 0.15) is 11.1 Å². The molecule has 0 bridgehead atoms. The van der Waals surface area contributed by atoms with Crippen molar-refractivity contribution in [1.29, 1.82) is 5.41 Å². The predicted octanol–water partition coefficient (Wildman–Crippen LogP) is 2.84. The zero-order chi connectivity index (χ0) is 11.5. The molecule has 3 nitrogen and oxygen atoms in total. The number of nitrogens with two attached hydrogens (primary N) is 1. The van der Waals surface area contributed by atoms with Crippen LogP contribution in [0.2, 0.25) is 0 Å². The van der Waals surface area contributed by atoms with Gasteiger partial charge in [-0.15, -0.1) is 0 Å². The van der Waals surface area contributed by atoms with Gasteiger partial charge in [0.2, 0.25) is 0 Å². The van der Waals surface area contributed by atoms with Gasteiger partial charge >= 0.3 is 0 Å². The second kappa shape index (κ2) is 4.45. The normalized spacial score (nSPS) is 10.1. The third kappa shape index (κ3) is 2.12. The second-order valence-corrected chi connectivity index (χ2v) is 4.26. The number of nitrogens with zero attached hydrogens (tertiary/aromatic N) is 1. The zero-order valence-electron chi connectivity index (χ0n) is 8.44. The largest absolute Gasteiger partial charge is 0.398 e. The highest BCUT2D eigenvalue weighted by molar-refractivity contribution is 9.10. The summed E-state index contributed by atoms with van der Waals surface area (Å²) in [6.45, 7) is 0. The van der Waals surface area contributed by atoms with Crippen molar-refractivity contribution < 1.29 is 0 Å². The van der Waals surface area contributed by atoms with E-state index in [1.807, 2.05) is 12.1 Å². The van der Waals surface area contributed by atoms with Crippen molar-refractivity contribution in [1.82, 2.24) is 4.98 Å². The molecule has 0 unspecified atom stereocenters. The van der Waals surface area contributed by atoms with Gasteiger partial charge in [0.1, 0.15) is 0 Å². The highest BCUT2D eigenvalue weighted by Crippen LogP contribution is 2.21. The van der Waals surface area contributed by atoms with Gasteiger partial charge in [-0.2, -0.15) is 0 Å². The van der Waals surface area contributed by atoms with Crippen LogP contribution in [-0.4, -0.2) is 10.7 Å². The van der Waals surface area contributed by atoms with Crippen molar-refractivity contribution in [3.8, 4) is 0 Å². The molecular formula is C12H10BrN3. The standard InChI is InChI=1S/C12H10BrN3/c13-9-1-2-11(14)10(7-9)12(15)8-3-5-16-6-4-8/h1-7,15H,14H2. The summed E-state index contributed by atoms with van der Waals surface area (Å²) < 4.78 is 0.913. The molecule has 3 N–H and O–H groups in total. The minimum atomic E-state index is 0.404. The molecule has 2 aromatic rings. The molecule has 0 radical (unpaired) electrons. The van der Waals surface area contributed by atoms with Gasteiger partial charge < -0.3 is 5.73 Å². The monoisotopic (exact) mass is 275 g/mol. The summed E-state index contributed by atoms with van der Waals surface area (Å²) in [5, 5.41) is 8.08. The van der Waals surface area contributed by atoms with Crippen LogP contribution in [0.25, 0.3) is 0 Å². The fourth-order valence-electron chi connectivity index (χ4n) is 1.42. The van der Waals surface area contributed by atoms with Gasteiger partial charge in [0.05, 0.1) is 5.71 Å². The molecule has 1 heterocycles. The summed E-state index contributed by atoms with van der Waals surface area (Å²) in [6.07, 6.45) is 3.33. The van der Waals surface area contributed by atoms with Crippen LogP contribution in [0.4, 0.5) is 5.69 Å². The number of aromatic nitrogens is 1. The summed E-state index contributed by atoms with van der Waals surface area (Å²) in [5.41, 5.74) is 8.38. The maximum Gasteiger partial charge on any atom is 0.0706 e. The number of rotatable bonds is 2. The highest BCUT2D eigenvalue weighted by atomic mass is 79.9. The molecule has 0 saturated carbocycles. The van der Waals surface area contributed by atoms with Gasteiger partial charge in [0.25, 0.3) is 0 Å². The van der Waals surface area contributed by atoms with Crippen molar-refractivity contribution in [2.24, 2.45) is 0 Å². The molecule has 0 aliphatic carbocycles. The van der Waals surface area contributed by atoms with Crippen molar-refractivity contribution in [2.45, 2.75) is 0 Å². The van der Waals surface area contributed by atoms with E-state index in [0.29, 0.717) is 11.4 Å². The summed E-state index contributed by atoms with van der Waals surface area (Å²) in [6, 6.07) is 9.08. The molecule has 0 aliphatic heterocycles. The van der Waals surface area contributed by atoms with Crippen LogP contribution >= 0.6 is 15.9 Å². The first-order chi connectivity index (χ1) is 7.68. The van der Waals surface area contributed by atoms with Gasteiger partial charge in [-0.1, -0.05) is 15.9 Å². The minimum absolute atomic E-state index is 0.404. The van der Waals surface area contributed by atoms with Gasteiger partial charge in [-0.3, -0.25) is 10.4 Å². The van der Waals surface area contributed by atoms with Crippen molar-refractivity contribution in [3.05, 3.63) is 58.3 Å². The van der Waals surface area contributed by atoms with Crippen molar-refractivity contribution in [3.63, 3.8) is 0 Å². The quantitative estimate of drug-likeness (QED) is 0.654. The van der Waals surface area contributed by atoms with E-state index in [1.165, 1.54) is 0 Å².